The number of rotatable bonds is 6. The number of hydrogen-bond acceptors (Lipinski definition) is 5. The van der Waals surface area contributed by atoms with Crippen molar-refractivity contribution in [3.8, 4) is 5.75 Å². The molecule has 29 heavy (non-hydrogen) atoms. The number of nitrogens with zero attached hydrogens (tertiary/aromatic N) is 1. The van der Waals surface area contributed by atoms with Gasteiger partial charge >= 0.3 is 0 Å². The molecule has 0 spiro atoms. The molecule has 2 aromatic carbocycles. The molecule has 0 aliphatic carbocycles. The molecule has 6 nitrogen and oxygen atoms in total. The van der Waals surface area contributed by atoms with E-state index in [4.69, 9.17) is 9.47 Å². The second-order valence-electron chi connectivity index (χ2n) is 7.08. The number of aryl methyl sites for hydroxylation is 2. The van der Waals surface area contributed by atoms with E-state index in [1.54, 1.807) is 25.3 Å². The van der Waals surface area contributed by atoms with Gasteiger partial charge in [0.05, 0.1) is 25.3 Å². The number of likely N-dealkylation sites (tertiary alicyclic amines) is 1. The van der Waals surface area contributed by atoms with Gasteiger partial charge in [0.25, 0.3) is 11.7 Å². The number of amides is 1. The molecular formula is C23H25NO5. The highest BCUT2D eigenvalue weighted by atomic mass is 16.5. The predicted octanol–water partition coefficient (Wildman–Crippen LogP) is 3.38. The maximum Gasteiger partial charge on any atom is 0.295 e. The van der Waals surface area contributed by atoms with E-state index in [0.717, 1.165) is 16.7 Å². The third kappa shape index (κ3) is 3.89. The Morgan fingerprint density at radius 3 is 2.34 bits per heavy atom. The van der Waals surface area contributed by atoms with Gasteiger partial charge in [-0.05, 0) is 43.2 Å². The van der Waals surface area contributed by atoms with Crippen molar-refractivity contribution in [3.05, 3.63) is 70.3 Å². The first-order valence-electron chi connectivity index (χ1n) is 9.38. The van der Waals surface area contributed by atoms with Crippen LogP contribution < -0.4 is 4.74 Å². The van der Waals surface area contributed by atoms with E-state index in [2.05, 4.69) is 0 Å². The fourth-order valence-corrected chi connectivity index (χ4v) is 3.57. The number of carbonyl (C=O) groups excluding carboxylic acids is 2. The minimum Gasteiger partial charge on any atom is -0.507 e. The van der Waals surface area contributed by atoms with Crippen LogP contribution in [0.4, 0.5) is 0 Å². The summed E-state index contributed by atoms with van der Waals surface area (Å²) in [6.45, 7) is 4.32. The first kappa shape index (κ1) is 20.6. The molecule has 1 saturated heterocycles. The monoisotopic (exact) mass is 395 g/mol. The lowest BCUT2D eigenvalue weighted by molar-refractivity contribution is -0.140. The van der Waals surface area contributed by atoms with Crippen LogP contribution in [0, 0.1) is 13.8 Å². The zero-order valence-corrected chi connectivity index (χ0v) is 17.1. The molecule has 0 aromatic heterocycles. The van der Waals surface area contributed by atoms with Gasteiger partial charge in [-0.3, -0.25) is 9.59 Å². The summed E-state index contributed by atoms with van der Waals surface area (Å²) in [6, 6.07) is 12.1. The van der Waals surface area contributed by atoms with Crippen LogP contribution in [0.1, 0.15) is 28.3 Å². The third-order valence-corrected chi connectivity index (χ3v) is 5.16. The van der Waals surface area contributed by atoms with Gasteiger partial charge in [-0.25, -0.2) is 0 Å². The first-order valence-corrected chi connectivity index (χ1v) is 9.38. The molecule has 1 N–H and O–H groups in total. The molecule has 152 valence electrons. The van der Waals surface area contributed by atoms with Gasteiger partial charge in [-0.1, -0.05) is 29.8 Å². The minimum atomic E-state index is -0.695. The molecule has 6 heteroatoms. The largest absolute Gasteiger partial charge is 0.507 e. The lowest BCUT2D eigenvalue weighted by Gasteiger charge is -2.25. The number of benzene rings is 2. The quantitative estimate of drug-likeness (QED) is 0.461. The van der Waals surface area contributed by atoms with Gasteiger partial charge in [0.1, 0.15) is 11.5 Å². The molecule has 3 rings (SSSR count). The van der Waals surface area contributed by atoms with Crippen LogP contribution in [0.5, 0.6) is 5.75 Å². The van der Waals surface area contributed by atoms with Crippen molar-refractivity contribution in [2.45, 2.75) is 19.9 Å². The van der Waals surface area contributed by atoms with Crippen LogP contribution in [0.2, 0.25) is 0 Å². The van der Waals surface area contributed by atoms with E-state index >= 15 is 0 Å². The Balaban J connectivity index is 2.17. The van der Waals surface area contributed by atoms with Crippen LogP contribution in [0.3, 0.4) is 0 Å². The van der Waals surface area contributed by atoms with Crippen molar-refractivity contribution in [2.24, 2.45) is 0 Å². The molecule has 1 atom stereocenters. The van der Waals surface area contributed by atoms with Gasteiger partial charge < -0.3 is 19.5 Å². The molecule has 0 saturated carbocycles. The van der Waals surface area contributed by atoms with Crippen LogP contribution >= 0.6 is 0 Å². The lowest BCUT2D eigenvalue weighted by Crippen LogP contribution is -2.32. The topological polar surface area (TPSA) is 76.1 Å². The van der Waals surface area contributed by atoms with Gasteiger partial charge in [-0.15, -0.1) is 0 Å². The Labute approximate surface area is 170 Å². The van der Waals surface area contributed by atoms with Gasteiger partial charge in [0, 0.05) is 19.2 Å². The van der Waals surface area contributed by atoms with E-state index in [9.17, 15) is 14.7 Å². The van der Waals surface area contributed by atoms with E-state index in [-0.39, 0.29) is 24.5 Å². The summed E-state index contributed by atoms with van der Waals surface area (Å²) in [5.74, 6) is -0.872. The first-order chi connectivity index (χ1) is 13.9. The van der Waals surface area contributed by atoms with Gasteiger partial charge in [-0.2, -0.15) is 0 Å². The Morgan fingerprint density at radius 1 is 1.07 bits per heavy atom. The predicted molar refractivity (Wildman–Crippen MR) is 110 cm³/mol. The second-order valence-corrected chi connectivity index (χ2v) is 7.08. The van der Waals surface area contributed by atoms with Gasteiger partial charge in [0.15, 0.2) is 0 Å². The summed E-state index contributed by atoms with van der Waals surface area (Å²) >= 11 is 0. The van der Waals surface area contributed by atoms with Crippen molar-refractivity contribution in [2.75, 3.05) is 27.4 Å². The van der Waals surface area contributed by atoms with E-state index in [1.165, 1.54) is 12.0 Å². The molecule has 1 aliphatic rings. The normalized spacial score (nSPS) is 18.3. The second kappa shape index (κ2) is 8.49. The summed E-state index contributed by atoms with van der Waals surface area (Å²) in [5.41, 5.74) is 3.15. The molecule has 0 bridgehead atoms. The summed E-state index contributed by atoms with van der Waals surface area (Å²) < 4.78 is 10.3. The molecule has 1 heterocycles. The number of aliphatic hydroxyl groups is 1. The minimum absolute atomic E-state index is 0.0863. The Kier molecular flexibility index (Phi) is 6.03. The lowest BCUT2D eigenvalue weighted by atomic mass is 9.93. The number of hydrogen-bond donors (Lipinski definition) is 1. The van der Waals surface area contributed by atoms with Gasteiger partial charge in [0.2, 0.25) is 0 Å². The van der Waals surface area contributed by atoms with Crippen LogP contribution in [-0.4, -0.2) is 49.1 Å². The van der Waals surface area contributed by atoms with Crippen LogP contribution in [-0.2, 0) is 14.3 Å². The Morgan fingerprint density at radius 2 is 1.76 bits per heavy atom. The molecule has 0 radical (unpaired) electrons. The van der Waals surface area contributed by atoms with Crippen LogP contribution in [0.15, 0.2) is 48.0 Å². The van der Waals surface area contributed by atoms with Crippen molar-refractivity contribution >= 4 is 17.4 Å². The highest BCUT2D eigenvalue weighted by Crippen LogP contribution is 2.40. The summed E-state index contributed by atoms with van der Waals surface area (Å²) in [7, 11) is 3.10. The summed E-state index contributed by atoms with van der Waals surface area (Å²) in [5, 5.41) is 11.1. The number of methoxy groups -OCH3 is 2. The number of ether oxygens (including phenoxy) is 2. The molecule has 1 amide bonds. The number of aliphatic hydroxyl groups excluding tert-OH is 1. The maximum atomic E-state index is 12.9. The van der Waals surface area contributed by atoms with Crippen molar-refractivity contribution in [1.82, 2.24) is 4.90 Å². The average Bonchev–Trinajstić information content (AvgIpc) is 2.96. The third-order valence-electron chi connectivity index (χ3n) is 5.16. The Hall–Kier alpha value is -3.12. The highest BCUT2D eigenvalue weighted by molar-refractivity contribution is 6.46. The van der Waals surface area contributed by atoms with Crippen molar-refractivity contribution in [3.63, 3.8) is 0 Å². The molecule has 2 aromatic rings. The SMILES string of the molecule is COCCN1C(=O)C(=O)C(=C(O)c2ccc(OC)cc2C)[C@@H]1c1ccc(C)cc1. The maximum absolute atomic E-state index is 12.9. The smallest absolute Gasteiger partial charge is 0.295 e. The molecular weight excluding hydrogens is 370 g/mol. The molecule has 1 fully saturated rings. The molecule has 0 unspecified atom stereocenters. The summed E-state index contributed by atoms with van der Waals surface area (Å²) in [6.07, 6.45) is 0. The zero-order valence-electron chi connectivity index (χ0n) is 17.1. The fourth-order valence-electron chi connectivity index (χ4n) is 3.57. The van der Waals surface area contributed by atoms with E-state index in [0.29, 0.717) is 11.3 Å². The number of Topliss-reactive ketones (excluding diaryl/α,β-unsaturated/α-hetero) is 1. The van der Waals surface area contributed by atoms with Crippen molar-refractivity contribution in [1.29, 1.82) is 0 Å². The zero-order chi connectivity index (χ0) is 21.1. The van der Waals surface area contributed by atoms with Crippen molar-refractivity contribution < 1.29 is 24.2 Å². The van der Waals surface area contributed by atoms with Crippen LogP contribution in [0.25, 0.3) is 5.76 Å². The number of carbonyl (C=O) groups is 2. The Bertz CT molecular complexity index is 962. The molecule has 1 aliphatic heterocycles. The summed E-state index contributed by atoms with van der Waals surface area (Å²) in [4.78, 5) is 27.1. The highest BCUT2D eigenvalue weighted by Gasteiger charge is 2.45. The average molecular weight is 395 g/mol. The van der Waals surface area contributed by atoms with E-state index in [1.807, 2.05) is 38.1 Å². The number of ketones is 1. The fraction of sp³-hybridized carbons (Fsp3) is 0.304. The van der Waals surface area contributed by atoms with E-state index < -0.39 is 17.7 Å². The standard InChI is InChI=1S/C23H25NO5/c1-14-5-7-16(8-6-14)20-19(22(26)23(27)24(20)11-12-28-3)21(25)18-10-9-17(29-4)13-15(18)2/h5-10,13,20,25H,11-12H2,1-4H3/t20-/m0/s1.